The number of amides is 2. The van der Waals surface area contributed by atoms with E-state index in [1.165, 1.54) is 13.2 Å². The van der Waals surface area contributed by atoms with Crippen LogP contribution in [0.2, 0.25) is 0 Å². The first kappa shape index (κ1) is 18.4. The van der Waals surface area contributed by atoms with Crippen molar-refractivity contribution in [2.45, 2.75) is 13.0 Å². The van der Waals surface area contributed by atoms with Crippen molar-refractivity contribution in [2.75, 3.05) is 18.6 Å². The minimum atomic E-state index is -0.440. The lowest BCUT2D eigenvalue weighted by molar-refractivity contribution is -0.116. The second-order valence-corrected chi connectivity index (χ2v) is 6.12. The summed E-state index contributed by atoms with van der Waals surface area (Å²) in [6, 6.07) is 12.4. The van der Waals surface area contributed by atoms with Crippen LogP contribution in [-0.4, -0.2) is 31.4 Å². The number of nitrogens with one attached hydrogen (secondary N) is 1. The van der Waals surface area contributed by atoms with Crippen molar-refractivity contribution >= 4 is 23.5 Å². The van der Waals surface area contributed by atoms with E-state index in [1.807, 2.05) is 12.1 Å². The van der Waals surface area contributed by atoms with Gasteiger partial charge in [-0.2, -0.15) is 0 Å². The van der Waals surface area contributed by atoms with Crippen LogP contribution < -0.4 is 10.2 Å². The zero-order valence-corrected chi connectivity index (χ0v) is 15.0. The van der Waals surface area contributed by atoms with E-state index < -0.39 is 5.97 Å². The molecule has 1 N–H and O–H groups in total. The van der Waals surface area contributed by atoms with E-state index in [0.717, 1.165) is 17.5 Å². The monoisotopic (exact) mass is 364 g/mol. The molecular formula is C21H20N2O4. The summed E-state index contributed by atoms with van der Waals surface area (Å²) in [6.45, 7) is 4.19. The molecule has 0 saturated heterocycles. The van der Waals surface area contributed by atoms with Crippen molar-refractivity contribution in [1.82, 2.24) is 5.32 Å². The summed E-state index contributed by atoms with van der Waals surface area (Å²) in [5.74, 6) is -0.907. The van der Waals surface area contributed by atoms with Crippen LogP contribution in [-0.2, 0) is 22.5 Å². The predicted molar refractivity (Wildman–Crippen MR) is 102 cm³/mol. The van der Waals surface area contributed by atoms with Gasteiger partial charge in [0.05, 0.1) is 12.7 Å². The number of carbonyl (C=O) groups is 3. The molecule has 1 aliphatic heterocycles. The number of carbonyl (C=O) groups excluding carboxylic acids is 3. The largest absolute Gasteiger partial charge is 0.465 e. The first-order valence-electron chi connectivity index (χ1n) is 8.56. The highest BCUT2D eigenvalue weighted by molar-refractivity contribution is 6.08. The van der Waals surface area contributed by atoms with E-state index in [2.05, 4.69) is 11.9 Å². The predicted octanol–water partition coefficient (Wildman–Crippen LogP) is 2.48. The summed E-state index contributed by atoms with van der Waals surface area (Å²) in [7, 11) is 1.33. The minimum Gasteiger partial charge on any atom is -0.465 e. The molecule has 1 heterocycles. The summed E-state index contributed by atoms with van der Waals surface area (Å²) in [5, 5.41) is 2.70. The Labute approximate surface area is 157 Å². The van der Waals surface area contributed by atoms with Crippen molar-refractivity contribution < 1.29 is 19.1 Å². The number of rotatable bonds is 5. The molecule has 2 aromatic rings. The lowest BCUT2D eigenvalue weighted by Gasteiger charge is -2.20. The maximum Gasteiger partial charge on any atom is 0.337 e. The molecule has 0 bridgehead atoms. The Morgan fingerprint density at radius 2 is 2.00 bits per heavy atom. The molecular weight excluding hydrogens is 344 g/mol. The normalized spacial score (nSPS) is 12.3. The molecule has 0 aliphatic carbocycles. The molecule has 0 fully saturated rings. The second kappa shape index (κ2) is 7.86. The Balaban J connectivity index is 1.90. The topological polar surface area (TPSA) is 75.7 Å². The van der Waals surface area contributed by atoms with E-state index in [-0.39, 0.29) is 18.4 Å². The zero-order chi connectivity index (χ0) is 19.4. The Hall–Kier alpha value is -3.41. The van der Waals surface area contributed by atoms with Gasteiger partial charge in [0.25, 0.3) is 5.91 Å². The highest BCUT2D eigenvalue weighted by Gasteiger charge is 2.27. The van der Waals surface area contributed by atoms with Crippen molar-refractivity contribution in [2.24, 2.45) is 0 Å². The van der Waals surface area contributed by atoms with Crippen LogP contribution in [0.4, 0.5) is 5.69 Å². The molecule has 0 saturated carbocycles. The van der Waals surface area contributed by atoms with Crippen molar-refractivity contribution in [3.8, 4) is 0 Å². The van der Waals surface area contributed by atoms with E-state index in [4.69, 9.17) is 4.74 Å². The van der Waals surface area contributed by atoms with Gasteiger partial charge in [0.15, 0.2) is 0 Å². The van der Waals surface area contributed by atoms with E-state index >= 15 is 0 Å². The number of fused-ring (bicyclic) bond motifs is 1. The van der Waals surface area contributed by atoms with Gasteiger partial charge >= 0.3 is 5.97 Å². The van der Waals surface area contributed by atoms with Gasteiger partial charge in [0, 0.05) is 24.3 Å². The summed E-state index contributed by atoms with van der Waals surface area (Å²) < 4.78 is 4.77. The van der Waals surface area contributed by atoms with E-state index in [1.54, 1.807) is 35.2 Å². The first-order chi connectivity index (χ1) is 13.0. The number of benzene rings is 2. The molecule has 6 heteroatoms. The van der Waals surface area contributed by atoms with Gasteiger partial charge in [-0.1, -0.05) is 30.8 Å². The van der Waals surface area contributed by atoms with Crippen LogP contribution >= 0.6 is 0 Å². The van der Waals surface area contributed by atoms with Crippen LogP contribution in [0.15, 0.2) is 55.1 Å². The number of anilines is 1. The third kappa shape index (κ3) is 3.74. The molecule has 2 amide bonds. The molecule has 0 atom stereocenters. The average Bonchev–Trinajstić information content (AvgIpc) is 3.14. The van der Waals surface area contributed by atoms with Crippen LogP contribution in [0.3, 0.4) is 0 Å². The zero-order valence-electron chi connectivity index (χ0n) is 15.0. The highest BCUT2D eigenvalue weighted by atomic mass is 16.5. The Morgan fingerprint density at radius 3 is 2.74 bits per heavy atom. The molecule has 1 aliphatic rings. The van der Waals surface area contributed by atoms with Gasteiger partial charge in [-0.05, 0) is 41.8 Å². The van der Waals surface area contributed by atoms with Crippen LogP contribution in [0.5, 0.6) is 0 Å². The third-order valence-corrected chi connectivity index (χ3v) is 4.53. The fourth-order valence-corrected chi connectivity index (χ4v) is 3.12. The molecule has 0 aromatic heterocycles. The SMILES string of the molecule is C=CC(=O)NCc1ccccc1C(=O)N1CCc2ccc(C(=O)OC)cc21. The van der Waals surface area contributed by atoms with E-state index in [9.17, 15) is 14.4 Å². The summed E-state index contributed by atoms with van der Waals surface area (Å²) in [4.78, 5) is 38.1. The maximum atomic E-state index is 13.2. The Morgan fingerprint density at radius 1 is 1.22 bits per heavy atom. The van der Waals surface area contributed by atoms with Gasteiger partial charge in [-0.25, -0.2) is 4.79 Å². The van der Waals surface area contributed by atoms with Crippen LogP contribution in [0.1, 0.15) is 31.8 Å². The number of hydrogen-bond donors (Lipinski definition) is 1. The summed E-state index contributed by atoms with van der Waals surface area (Å²) in [5.41, 5.74) is 3.36. The van der Waals surface area contributed by atoms with Crippen molar-refractivity contribution in [1.29, 1.82) is 0 Å². The molecule has 3 rings (SSSR count). The van der Waals surface area contributed by atoms with Crippen LogP contribution in [0, 0.1) is 0 Å². The lowest BCUT2D eigenvalue weighted by atomic mass is 10.1. The number of esters is 1. The molecule has 6 nitrogen and oxygen atoms in total. The summed E-state index contributed by atoms with van der Waals surface area (Å²) >= 11 is 0. The fraction of sp³-hybridized carbons (Fsp3) is 0.190. The summed E-state index contributed by atoms with van der Waals surface area (Å²) in [6.07, 6.45) is 1.91. The highest BCUT2D eigenvalue weighted by Crippen LogP contribution is 2.31. The maximum absolute atomic E-state index is 13.2. The minimum absolute atomic E-state index is 0.167. The van der Waals surface area contributed by atoms with E-state index in [0.29, 0.717) is 23.4 Å². The fourth-order valence-electron chi connectivity index (χ4n) is 3.12. The van der Waals surface area contributed by atoms with Gasteiger partial charge in [-0.15, -0.1) is 0 Å². The standard InChI is InChI=1S/C21H20N2O4/c1-3-19(24)22-13-16-6-4-5-7-17(16)20(25)23-11-10-14-8-9-15(12-18(14)23)21(26)27-2/h3-9,12H,1,10-11,13H2,2H3,(H,22,24). The number of ether oxygens (including phenoxy) is 1. The van der Waals surface area contributed by atoms with Crippen LogP contribution in [0.25, 0.3) is 0 Å². The number of hydrogen-bond acceptors (Lipinski definition) is 4. The number of methoxy groups -OCH3 is 1. The molecule has 0 unspecified atom stereocenters. The lowest BCUT2D eigenvalue weighted by Crippen LogP contribution is -2.31. The van der Waals surface area contributed by atoms with Crippen molar-refractivity contribution in [3.05, 3.63) is 77.4 Å². The van der Waals surface area contributed by atoms with Gasteiger partial charge < -0.3 is 15.0 Å². The smallest absolute Gasteiger partial charge is 0.337 e. The van der Waals surface area contributed by atoms with Crippen molar-refractivity contribution in [3.63, 3.8) is 0 Å². The quantitative estimate of drug-likeness (QED) is 0.653. The Bertz CT molecular complexity index is 920. The third-order valence-electron chi connectivity index (χ3n) is 4.53. The molecule has 138 valence electrons. The van der Waals surface area contributed by atoms with Gasteiger partial charge in [-0.3, -0.25) is 9.59 Å². The molecule has 0 spiro atoms. The molecule has 0 radical (unpaired) electrons. The second-order valence-electron chi connectivity index (χ2n) is 6.12. The number of nitrogens with zero attached hydrogens (tertiary/aromatic N) is 1. The van der Waals surface area contributed by atoms with Gasteiger partial charge in [0.1, 0.15) is 0 Å². The molecule has 27 heavy (non-hydrogen) atoms. The average molecular weight is 364 g/mol. The first-order valence-corrected chi connectivity index (χ1v) is 8.56. The Kier molecular flexibility index (Phi) is 5.35. The van der Waals surface area contributed by atoms with Gasteiger partial charge in [0.2, 0.25) is 5.91 Å². The molecule has 2 aromatic carbocycles.